The van der Waals surface area contributed by atoms with Crippen LogP contribution in [-0.2, 0) is 12.8 Å². The van der Waals surface area contributed by atoms with Crippen LogP contribution in [0.5, 0.6) is 0 Å². The van der Waals surface area contributed by atoms with Crippen molar-refractivity contribution in [2.45, 2.75) is 39.2 Å². The van der Waals surface area contributed by atoms with Gasteiger partial charge >= 0.3 is 0 Å². The van der Waals surface area contributed by atoms with Gasteiger partial charge in [0, 0.05) is 22.6 Å². The molecule has 18 heavy (non-hydrogen) atoms. The van der Waals surface area contributed by atoms with Crippen LogP contribution in [-0.4, -0.2) is 30.0 Å². The number of rotatable bonds is 1. The summed E-state index contributed by atoms with van der Waals surface area (Å²) in [5.41, 5.74) is 7.18. The molecule has 0 aliphatic heterocycles. The number of aryl methyl sites for hydroxylation is 3. The first kappa shape index (κ1) is 11.8. The second-order valence-electron chi connectivity index (χ2n) is 5.89. The first-order valence-electron chi connectivity index (χ1n) is 6.84. The third kappa shape index (κ3) is 1.67. The molecule has 1 aliphatic carbocycles. The maximum atomic E-state index is 3.67. The minimum atomic E-state index is 0.691. The highest BCUT2D eigenvalue weighted by molar-refractivity contribution is 5.90. The summed E-state index contributed by atoms with van der Waals surface area (Å²) in [6.45, 7) is 4.43. The highest BCUT2D eigenvalue weighted by atomic mass is 15.1. The van der Waals surface area contributed by atoms with Gasteiger partial charge in [-0.05, 0) is 63.9 Å². The molecular weight excluding hydrogens is 220 g/mol. The number of likely N-dealkylation sites (N-methyl/N-ethyl adjacent to an activating group) is 1. The third-order valence-corrected chi connectivity index (χ3v) is 4.46. The molecule has 0 saturated heterocycles. The fraction of sp³-hybridized carbons (Fsp3) is 0.500. The van der Waals surface area contributed by atoms with Crippen LogP contribution in [0.15, 0.2) is 12.1 Å². The maximum Gasteiger partial charge on any atom is 0.0491 e. The molecule has 1 aromatic heterocycles. The molecule has 2 heteroatoms. The Balaban J connectivity index is 2.18. The zero-order valence-electron chi connectivity index (χ0n) is 11.8. The van der Waals surface area contributed by atoms with Crippen LogP contribution in [0.4, 0.5) is 0 Å². The molecule has 0 spiro atoms. The molecule has 0 unspecified atom stereocenters. The number of aromatic nitrogens is 1. The Hall–Kier alpha value is -1.28. The molecule has 1 atom stereocenters. The summed E-state index contributed by atoms with van der Waals surface area (Å²) in [7, 11) is 4.39. The summed E-state index contributed by atoms with van der Waals surface area (Å²) in [4.78, 5) is 6.03. The molecule has 0 radical (unpaired) electrons. The number of H-pyrrole nitrogens is 1. The van der Waals surface area contributed by atoms with Gasteiger partial charge in [-0.1, -0.05) is 12.1 Å². The second-order valence-corrected chi connectivity index (χ2v) is 5.89. The van der Waals surface area contributed by atoms with Gasteiger partial charge < -0.3 is 9.88 Å². The smallest absolute Gasteiger partial charge is 0.0491 e. The van der Waals surface area contributed by atoms with E-state index in [1.165, 1.54) is 47.0 Å². The van der Waals surface area contributed by atoms with Gasteiger partial charge in [0.25, 0.3) is 0 Å². The molecule has 1 heterocycles. The molecule has 2 aromatic rings. The van der Waals surface area contributed by atoms with Crippen molar-refractivity contribution in [2.24, 2.45) is 0 Å². The molecule has 3 rings (SSSR count). The lowest BCUT2D eigenvalue weighted by molar-refractivity contribution is 0.268. The van der Waals surface area contributed by atoms with Crippen molar-refractivity contribution < 1.29 is 0 Å². The van der Waals surface area contributed by atoms with Gasteiger partial charge in [0.05, 0.1) is 0 Å². The number of hydrogen-bond acceptors (Lipinski definition) is 1. The van der Waals surface area contributed by atoms with E-state index in [0.29, 0.717) is 6.04 Å². The van der Waals surface area contributed by atoms with Crippen LogP contribution in [0.25, 0.3) is 10.9 Å². The molecule has 1 N–H and O–H groups in total. The average molecular weight is 242 g/mol. The van der Waals surface area contributed by atoms with Gasteiger partial charge in [-0.15, -0.1) is 0 Å². The fourth-order valence-corrected chi connectivity index (χ4v) is 3.27. The first-order valence-corrected chi connectivity index (χ1v) is 6.84. The predicted molar refractivity (Wildman–Crippen MR) is 77.3 cm³/mol. The zero-order chi connectivity index (χ0) is 12.9. The largest absolute Gasteiger partial charge is 0.358 e. The standard InChI is InChI=1S/C16H22N2/c1-10-5-6-11(2)16-15(10)13-9-12(18(3)4)7-8-14(13)17-16/h5-6,12,17H,7-9H2,1-4H3/t12-/m0/s1. The predicted octanol–water partition coefficient (Wildman–Crippen LogP) is 3.20. The summed E-state index contributed by atoms with van der Waals surface area (Å²) in [6.07, 6.45) is 3.64. The van der Waals surface area contributed by atoms with E-state index in [-0.39, 0.29) is 0 Å². The molecule has 2 nitrogen and oxygen atoms in total. The highest BCUT2D eigenvalue weighted by Crippen LogP contribution is 2.33. The molecule has 0 fully saturated rings. The Morgan fingerprint density at radius 2 is 1.89 bits per heavy atom. The number of fused-ring (bicyclic) bond motifs is 3. The lowest BCUT2D eigenvalue weighted by Gasteiger charge is -2.28. The zero-order valence-corrected chi connectivity index (χ0v) is 11.8. The van der Waals surface area contributed by atoms with Crippen molar-refractivity contribution in [1.82, 2.24) is 9.88 Å². The van der Waals surface area contributed by atoms with Crippen molar-refractivity contribution in [3.05, 3.63) is 34.5 Å². The molecule has 96 valence electrons. The normalized spacial score (nSPS) is 19.5. The van der Waals surface area contributed by atoms with Crippen LogP contribution < -0.4 is 0 Å². The Labute approximate surface area is 109 Å². The highest BCUT2D eigenvalue weighted by Gasteiger charge is 2.24. The third-order valence-electron chi connectivity index (χ3n) is 4.46. The van der Waals surface area contributed by atoms with Crippen molar-refractivity contribution in [3.63, 3.8) is 0 Å². The molecule has 1 aromatic carbocycles. The monoisotopic (exact) mass is 242 g/mol. The Kier molecular flexibility index (Phi) is 2.70. The minimum Gasteiger partial charge on any atom is -0.358 e. The number of benzene rings is 1. The van der Waals surface area contributed by atoms with E-state index < -0.39 is 0 Å². The van der Waals surface area contributed by atoms with Crippen molar-refractivity contribution in [1.29, 1.82) is 0 Å². The number of nitrogens with zero attached hydrogens (tertiary/aromatic N) is 1. The van der Waals surface area contributed by atoms with Crippen LogP contribution >= 0.6 is 0 Å². The topological polar surface area (TPSA) is 19.0 Å². The molecule has 1 aliphatic rings. The lowest BCUT2D eigenvalue weighted by Crippen LogP contribution is -2.33. The fourth-order valence-electron chi connectivity index (χ4n) is 3.27. The van der Waals surface area contributed by atoms with Crippen molar-refractivity contribution in [2.75, 3.05) is 14.1 Å². The van der Waals surface area contributed by atoms with E-state index in [2.05, 4.69) is 50.0 Å². The Morgan fingerprint density at radius 3 is 2.61 bits per heavy atom. The molecular formula is C16H22N2. The molecule has 0 bridgehead atoms. The van der Waals surface area contributed by atoms with E-state index in [1.54, 1.807) is 5.56 Å². The summed E-state index contributed by atoms with van der Waals surface area (Å²) < 4.78 is 0. The molecule has 0 amide bonds. The minimum absolute atomic E-state index is 0.691. The van der Waals surface area contributed by atoms with E-state index >= 15 is 0 Å². The Bertz CT molecular complexity index is 593. The van der Waals surface area contributed by atoms with Crippen LogP contribution in [0, 0.1) is 13.8 Å². The maximum absolute atomic E-state index is 3.67. The lowest BCUT2D eigenvalue weighted by atomic mass is 9.89. The van der Waals surface area contributed by atoms with Crippen molar-refractivity contribution in [3.8, 4) is 0 Å². The molecule has 0 saturated carbocycles. The van der Waals surface area contributed by atoms with Gasteiger partial charge in [0.15, 0.2) is 0 Å². The van der Waals surface area contributed by atoms with Gasteiger partial charge in [-0.3, -0.25) is 0 Å². The summed E-state index contributed by atoms with van der Waals surface area (Å²) in [5.74, 6) is 0. The van der Waals surface area contributed by atoms with Crippen LogP contribution in [0.1, 0.15) is 28.8 Å². The second kappa shape index (κ2) is 4.13. The number of hydrogen-bond donors (Lipinski definition) is 1. The summed E-state index contributed by atoms with van der Waals surface area (Å²) in [6, 6.07) is 5.17. The van der Waals surface area contributed by atoms with Crippen LogP contribution in [0.3, 0.4) is 0 Å². The van der Waals surface area contributed by atoms with Gasteiger partial charge in [-0.25, -0.2) is 0 Å². The number of aromatic amines is 1. The van der Waals surface area contributed by atoms with Crippen molar-refractivity contribution >= 4 is 10.9 Å². The van der Waals surface area contributed by atoms with Gasteiger partial charge in [0.1, 0.15) is 0 Å². The SMILES string of the molecule is Cc1ccc(C)c2c3c([nH]c12)CC[C@H](N(C)C)C3. The Morgan fingerprint density at radius 1 is 1.17 bits per heavy atom. The van der Waals surface area contributed by atoms with Gasteiger partial charge in [-0.2, -0.15) is 0 Å². The van der Waals surface area contributed by atoms with E-state index in [4.69, 9.17) is 0 Å². The summed E-state index contributed by atoms with van der Waals surface area (Å²) >= 11 is 0. The quantitative estimate of drug-likeness (QED) is 0.813. The van der Waals surface area contributed by atoms with E-state index in [0.717, 1.165) is 0 Å². The van der Waals surface area contributed by atoms with E-state index in [1.807, 2.05) is 0 Å². The average Bonchev–Trinajstić information content (AvgIpc) is 2.73. The van der Waals surface area contributed by atoms with E-state index in [9.17, 15) is 0 Å². The summed E-state index contributed by atoms with van der Waals surface area (Å²) in [5, 5.41) is 1.48. The number of nitrogens with one attached hydrogen (secondary N) is 1. The van der Waals surface area contributed by atoms with Gasteiger partial charge in [0.2, 0.25) is 0 Å². The van der Waals surface area contributed by atoms with Crippen LogP contribution in [0.2, 0.25) is 0 Å². The first-order chi connectivity index (χ1) is 8.58.